The van der Waals surface area contributed by atoms with Gasteiger partial charge in [0.2, 0.25) is 0 Å². The molecule has 0 aliphatic carbocycles. The third-order valence-electron chi connectivity index (χ3n) is 3.04. The number of nitrogens with two attached hydrogens (primary N) is 1. The topological polar surface area (TPSA) is 58.7 Å². The maximum Gasteiger partial charge on any atom is 0.151 e. The third kappa shape index (κ3) is 2.39. The van der Waals surface area contributed by atoms with Crippen LogP contribution in [0.25, 0.3) is 0 Å². The lowest BCUT2D eigenvalue weighted by molar-refractivity contribution is -0.0107. The number of aliphatic hydroxyl groups is 1. The number of nitrogens with zero attached hydrogens (tertiary/aromatic N) is 1. The average molecular weight is 258 g/mol. The Bertz CT molecular complexity index is 419. The first-order valence-electron chi connectivity index (χ1n) is 5.76. The highest BCUT2D eigenvalue weighted by molar-refractivity contribution is 5.56. The lowest BCUT2D eigenvalue weighted by Gasteiger charge is -2.39. The van der Waals surface area contributed by atoms with E-state index in [1.54, 1.807) is 4.90 Å². The molecule has 0 radical (unpaired) electrons. The minimum absolute atomic E-state index is 0.0494. The van der Waals surface area contributed by atoms with Gasteiger partial charge < -0.3 is 20.5 Å². The van der Waals surface area contributed by atoms with Crippen molar-refractivity contribution in [2.24, 2.45) is 0 Å². The number of hydrogen-bond donors (Lipinski definition) is 2. The Morgan fingerprint density at radius 1 is 1.44 bits per heavy atom. The molecule has 1 aliphatic rings. The predicted octanol–water partition coefficient (Wildman–Crippen LogP) is 1.13. The van der Waals surface area contributed by atoms with E-state index in [9.17, 15) is 8.78 Å². The Hall–Kier alpha value is -1.40. The van der Waals surface area contributed by atoms with Crippen LogP contribution in [-0.4, -0.2) is 37.0 Å². The second-order valence-corrected chi connectivity index (χ2v) is 4.47. The van der Waals surface area contributed by atoms with Gasteiger partial charge in [0.1, 0.15) is 5.69 Å². The van der Waals surface area contributed by atoms with E-state index >= 15 is 0 Å². The quantitative estimate of drug-likeness (QED) is 0.781. The zero-order valence-corrected chi connectivity index (χ0v) is 10.1. The summed E-state index contributed by atoms with van der Waals surface area (Å²) < 4.78 is 33.0. The van der Waals surface area contributed by atoms with Gasteiger partial charge in [-0.1, -0.05) is 0 Å². The lowest BCUT2D eigenvalue weighted by atomic mass is 10.1. The van der Waals surface area contributed by atoms with E-state index in [1.165, 1.54) is 0 Å². The SMILES string of the molecule is CC1COC(CO)CN1c1c(F)cc(N)cc1F. The molecule has 0 amide bonds. The maximum atomic E-state index is 13.8. The fourth-order valence-electron chi connectivity index (χ4n) is 2.10. The van der Waals surface area contributed by atoms with Crippen molar-refractivity contribution in [1.82, 2.24) is 0 Å². The molecule has 1 heterocycles. The van der Waals surface area contributed by atoms with E-state index in [0.717, 1.165) is 12.1 Å². The summed E-state index contributed by atoms with van der Waals surface area (Å²) in [5.41, 5.74) is 5.32. The van der Waals surface area contributed by atoms with Gasteiger partial charge in [0.05, 0.1) is 19.3 Å². The zero-order chi connectivity index (χ0) is 13.3. The molecule has 4 nitrogen and oxygen atoms in total. The Morgan fingerprint density at radius 3 is 2.61 bits per heavy atom. The molecule has 1 aromatic carbocycles. The number of aliphatic hydroxyl groups excluding tert-OH is 1. The van der Waals surface area contributed by atoms with Crippen LogP contribution in [0, 0.1) is 11.6 Å². The number of anilines is 2. The monoisotopic (exact) mass is 258 g/mol. The van der Waals surface area contributed by atoms with Crippen LogP contribution in [0.4, 0.5) is 20.2 Å². The number of rotatable bonds is 2. The van der Waals surface area contributed by atoms with E-state index in [0.29, 0.717) is 6.61 Å². The molecule has 0 aromatic heterocycles. The molecule has 3 N–H and O–H groups in total. The highest BCUT2D eigenvalue weighted by Crippen LogP contribution is 2.29. The molecule has 2 unspecified atom stereocenters. The number of benzene rings is 1. The molecule has 1 aliphatic heterocycles. The first-order chi connectivity index (χ1) is 8.52. The first kappa shape index (κ1) is 13.0. The highest BCUT2D eigenvalue weighted by atomic mass is 19.1. The number of nitrogen functional groups attached to an aromatic ring is 1. The normalized spacial score (nSPS) is 24.3. The minimum atomic E-state index is -0.696. The fourth-order valence-corrected chi connectivity index (χ4v) is 2.10. The molecule has 0 bridgehead atoms. The van der Waals surface area contributed by atoms with Crippen LogP contribution < -0.4 is 10.6 Å². The molecule has 1 fully saturated rings. The summed E-state index contributed by atoms with van der Waals surface area (Å²) in [6, 6.07) is 2.02. The second-order valence-electron chi connectivity index (χ2n) is 4.47. The van der Waals surface area contributed by atoms with Gasteiger partial charge in [-0.25, -0.2) is 8.78 Å². The van der Waals surface area contributed by atoms with E-state index in [-0.39, 0.29) is 30.6 Å². The predicted molar refractivity (Wildman–Crippen MR) is 64.4 cm³/mol. The molecule has 2 atom stereocenters. The average Bonchev–Trinajstić information content (AvgIpc) is 2.30. The van der Waals surface area contributed by atoms with Gasteiger partial charge in [0.15, 0.2) is 11.6 Å². The molecule has 0 saturated carbocycles. The maximum absolute atomic E-state index is 13.8. The summed E-state index contributed by atoms with van der Waals surface area (Å²) in [4.78, 5) is 1.56. The number of hydrogen-bond acceptors (Lipinski definition) is 4. The molecule has 1 saturated heterocycles. The largest absolute Gasteiger partial charge is 0.399 e. The van der Waals surface area contributed by atoms with Crippen LogP contribution in [0.1, 0.15) is 6.92 Å². The highest BCUT2D eigenvalue weighted by Gasteiger charge is 2.29. The summed E-state index contributed by atoms with van der Waals surface area (Å²) in [5, 5.41) is 9.07. The Morgan fingerprint density at radius 2 is 2.06 bits per heavy atom. The van der Waals surface area contributed by atoms with E-state index < -0.39 is 17.7 Å². The van der Waals surface area contributed by atoms with Crippen LogP contribution >= 0.6 is 0 Å². The lowest BCUT2D eigenvalue weighted by Crippen LogP contribution is -2.50. The zero-order valence-electron chi connectivity index (χ0n) is 10.1. The van der Waals surface area contributed by atoms with E-state index in [4.69, 9.17) is 15.6 Å². The van der Waals surface area contributed by atoms with Crippen molar-refractivity contribution in [2.75, 3.05) is 30.4 Å². The van der Waals surface area contributed by atoms with Gasteiger partial charge in [-0.3, -0.25) is 0 Å². The number of morpholine rings is 1. The fraction of sp³-hybridized carbons (Fsp3) is 0.500. The Balaban J connectivity index is 2.34. The Labute approximate surface area is 104 Å². The van der Waals surface area contributed by atoms with Gasteiger partial charge in [0, 0.05) is 18.3 Å². The van der Waals surface area contributed by atoms with E-state index in [2.05, 4.69) is 0 Å². The Kier molecular flexibility index (Phi) is 3.68. The first-order valence-corrected chi connectivity index (χ1v) is 5.76. The molecule has 18 heavy (non-hydrogen) atoms. The van der Waals surface area contributed by atoms with Crippen molar-refractivity contribution < 1.29 is 18.6 Å². The van der Waals surface area contributed by atoms with E-state index in [1.807, 2.05) is 6.92 Å². The minimum Gasteiger partial charge on any atom is -0.399 e. The summed E-state index contributed by atoms with van der Waals surface area (Å²) in [6.07, 6.45) is -0.433. The van der Waals surface area contributed by atoms with Gasteiger partial charge >= 0.3 is 0 Å². The molecule has 1 aromatic rings. The molecule has 2 rings (SSSR count). The van der Waals surface area contributed by atoms with Gasteiger partial charge in [-0.05, 0) is 19.1 Å². The van der Waals surface area contributed by atoms with Crippen molar-refractivity contribution in [2.45, 2.75) is 19.1 Å². The molecular formula is C12H16F2N2O2. The van der Waals surface area contributed by atoms with Crippen LogP contribution in [-0.2, 0) is 4.74 Å². The molecular weight excluding hydrogens is 242 g/mol. The van der Waals surface area contributed by atoms with Crippen molar-refractivity contribution >= 4 is 11.4 Å². The van der Waals surface area contributed by atoms with Crippen LogP contribution in [0.15, 0.2) is 12.1 Å². The summed E-state index contributed by atoms with van der Waals surface area (Å²) in [7, 11) is 0. The molecule has 0 spiro atoms. The molecule has 6 heteroatoms. The number of halogens is 2. The van der Waals surface area contributed by atoms with Crippen molar-refractivity contribution in [3.8, 4) is 0 Å². The van der Waals surface area contributed by atoms with Gasteiger partial charge in [-0.15, -0.1) is 0 Å². The van der Waals surface area contributed by atoms with Gasteiger partial charge in [-0.2, -0.15) is 0 Å². The molecule has 100 valence electrons. The van der Waals surface area contributed by atoms with Crippen LogP contribution in [0.5, 0.6) is 0 Å². The summed E-state index contributed by atoms with van der Waals surface area (Å²) >= 11 is 0. The standard InChI is InChI=1S/C12H16F2N2O2/c1-7-6-18-9(5-17)4-16(7)12-10(13)2-8(15)3-11(12)14/h2-3,7,9,17H,4-6,15H2,1H3. The van der Waals surface area contributed by atoms with Crippen molar-refractivity contribution in [3.63, 3.8) is 0 Å². The van der Waals surface area contributed by atoms with Crippen LogP contribution in [0.3, 0.4) is 0 Å². The van der Waals surface area contributed by atoms with Gasteiger partial charge in [0.25, 0.3) is 0 Å². The second kappa shape index (κ2) is 5.07. The summed E-state index contributed by atoms with van der Waals surface area (Å²) in [5.74, 6) is -1.39. The smallest absolute Gasteiger partial charge is 0.151 e. The van der Waals surface area contributed by atoms with Crippen molar-refractivity contribution in [3.05, 3.63) is 23.8 Å². The summed E-state index contributed by atoms with van der Waals surface area (Å²) in [6.45, 7) is 2.19. The van der Waals surface area contributed by atoms with Crippen molar-refractivity contribution in [1.29, 1.82) is 0 Å². The van der Waals surface area contributed by atoms with Crippen LogP contribution in [0.2, 0.25) is 0 Å². The number of ether oxygens (including phenoxy) is 1. The third-order valence-corrected chi connectivity index (χ3v) is 3.04.